The molecule has 42 heavy (non-hydrogen) atoms. The molecule has 7 nitrogen and oxygen atoms in total. The number of carbonyl (C=O) groups is 3. The van der Waals surface area contributed by atoms with Gasteiger partial charge in [0, 0.05) is 30.6 Å². The molecule has 2 bridgehead atoms. The predicted molar refractivity (Wildman–Crippen MR) is 163 cm³/mol. The molecule has 5 saturated carbocycles. The van der Waals surface area contributed by atoms with Crippen molar-refractivity contribution in [2.75, 3.05) is 6.61 Å². The average molecular weight is 649 g/mol. The third kappa shape index (κ3) is 3.68. The Hall–Kier alpha value is -1.44. The highest BCUT2D eigenvalue weighted by Crippen LogP contribution is 2.81. The minimum absolute atomic E-state index is 0.0340. The van der Waals surface area contributed by atoms with Gasteiger partial charge in [0.05, 0.1) is 16.0 Å². The molecule has 234 valence electrons. The second-order valence-electron chi connectivity index (χ2n) is 16.7. The fourth-order valence-electron chi connectivity index (χ4n) is 12.1. The van der Waals surface area contributed by atoms with Crippen LogP contribution in [0.1, 0.15) is 120 Å². The van der Waals surface area contributed by atoms with Crippen LogP contribution in [0.4, 0.5) is 0 Å². The van der Waals surface area contributed by atoms with Gasteiger partial charge in [-0.15, -0.1) is 0 Å². The van der Waals surface area contributed by atoms with Crippen LogP contribution in [0.2, 0.25) is 0 Å². The van der Waals surface area contributed by atoms with Gasteiger partial charge in [-0.2, -0.15) is 0 Å². The van der Waals surface area contributed by atoms with Gasteiger partial charge in [0.1, 0.15) is 12.2 Å². The SMILES string of the molecule is CC(=O)OC[C@]1(C)/C(=N\OC(C)=O)CC[C@@]2(C)C1CC[C@]1(C)C2C[C@H](Br)[C@]23OC(=O)[C@@]4(CCC(C)(C)CC42)CC[C@]31C. The van der Waals surface area contributed by atoms with Gasteiger partial charge >= 0.3 is 17.9 Å². The van der Waals surface area contributed by atoms with Crippen LogP contribution >= 0.6 is 15.9 Å². The number of nitrogens with zero attached hydrogens (tertiary/aromatic N) is 1. The van der Waals surface area contributed by atoms with Crippen molar-refractivity contribution in [3.8, 4) is 0 Å². The summed E-state index contributed by atoms with van der Waals surface area (Å²) in [6.07, 6.45) is 9.51. The first kappa shape index (κ1) is 30.6. The number of esters is 2. The highest BCUT2D eigenvalue weighted by Gasteiger charge is 2.83. The van der Waals surface area contributed by atoms with Crippen LogP contribution in [0.15, 0.2) is 5.16 Å². The molecule has 0 aromatic heterocycles. The summed E-state index contributed by atoms with van der Waals surface area (Å²) in [5.74, 6) is 0.115. The number of alkyl halides is 1. The normalized spacial score (nSPS) is 51.4. The van der Waals surface area contributed by atoms with Crippen LogP contribution in [-0.4, -0.2) is 40.7 Å². The van der Waals surface area contributed by atoms with Crippen molar-refractivity contribution in [2.45, 2.75) is 130 Å². The number of ether oxygens (including phenoxy) is 2. The molecular formula is C34H50BrNO6. The van der Waals surface area contributed by atoms with Gasteiger partial charge in [0.2, 0.25) is 0 Å². The number of hydrogen-bond acceptors (Lipinski definition) is 7. The Balaban J connectivity index is 1.43. The van der Waals surface area contributed by atoms with Gasteiger partial charge in [-0.25, -0.2) is 4.79 Å². The third-order valence-electron chi connectivity index (χ3n) is 14.5. The maximum Gasteiger partial charge on any atom is 0.331 e. The average Bonchev–Trinajstić information content (AvgIpc) is 3.08. The van der Waals surface area contributed by atoms with Gasteiger partial charge in [-0.3, -0.25) is 9.59 Å². The van der Waals surface area contributed by atoms with E-state index in [1.807, 2.05) is 0 Å². The summed E-state index contributed by atoms with van der Waals surface area (Å²) >= 11 is 4.26. The van der Waals surface area contributed by atoms with Gasteiger partial charge in [-0.1, -0.05) is 62.6 Å². The molecule has 1 saturated heterocycles. The molecular weight excluding hydrogens is 598 g/mol. The molecule has 0 amide bonds. The highest BCUT2D eigenvalue weighted by atomic mass is 79.9. The van der Waals surface area contributed by atoms with Crippen molar-refractivity contribution in [1.82, 2.24) is 0 Å². The summed E-state index contributed by atoms with van der Waals surface area (Å²) in [5.41, 5.74) is -0.631. The van der Waals surface area contributed by atoms with E-state index in [4.69, 9.17) is 14.3 Å². The zero-order chi connectivity index (χ0) is 30.7. The first-order valence-electron chi connectivity index (χ1n) is 16.2. The van der Waals surface area contributed by atoms with Crippen molar-refractivity contribution in [3.63, 3.8) is 0 Å². The summed E-state index contributed by atoms with van der Waals surface area (Å²) in [5, 5.41) is 4.36. The smallest absolute Gasteiger partial charge is 0.331 e. The minimum atomic E-state index is -0.539. The molecule has 0 radical (unpaired) electrons. The van der Waals surface area contributed by atoms with Crippen molar-refractivity contribution < 1.29 is 28.7 Å². The number of fused-ring (bicyclic) bond motifs is 4. The van der Waals surface area contributed by atoms with Crippen molar-refractivity contribution >= 4 is 39.5 Å². The Morgan fingerprint density at radius 1 is 0.929 bits per heavy atom. The van der Waals surface area contributed by atoms with E-state index in [1.54, 1.807) is 0 Å². The van der Waals surface area contributed by atoms with Crippen LogP contribution in [0, 0.1) is 50.2 Å². The Kier molecular flexibility index (Phi) is 6.77. The van der Waals surface area contributed by atoms with E-state index in [0.717, 1.165) is 63.5 Å². The van der Waals surface area contributed by atoms with Gasteiger partial charge in [-0.05, 0) is 92.3 Å². The number of halogens is 1. The molecule has 1 spiro atoms. The maximum absolute atomic E-state index is 13.9. The lowest BCUT2D eigenvalue weighted by Gasteiger charge is -2.74. The fourth-order valence-corrected chi connectivity index (χ4v) is 13.4. The van der Waals surface area contributed by atoms with Gasteiger partial charge in [0.25, 0.3) is 0 Å². The monoisotopic (exact) mass is 647 g/mol. The molecule has 6 fully saturated rings. The molecule has 3 unspecified atom stereocenters. The second kappa shape index (κ2) is 9.29. The molecule has 5 aliphatic carbocycles. The summed E-state index contributed by atoms with van der Waals surface area (Å²) in [6, 6.07) is 0. The Morgan fingerprint density at radius 3 is 2.29 bits per heavy atom. The molecule has 0 N–H and O–H groups in total. The summed E-state index contributed by atoms with van der Waals surface area (Å²) in [7, 11) is 0. The first-order chi connectivity index (χ1) is 19.4. The standard InChI is InChI=1S/C34H50BrNO6/c1-20(37)40-19-30(6)22-9-12-31(7)23(29(22,5)11-10-26(30)36-42-21(2)38)17-25(35)34-24-18-28(3,4)13-15-33(24,27(39)41-34)16-14-32(31,34)8/h22-25H,9-19H2,1-8H3/b36-26-/t22?,23?,24?,25-,29-,30-,31+,32-,33-,34+/m0/s1. The van der Waals surface area contributed by atoms with Crippen molar-refractivity contribution in [3.05, 3.63) is 0 Å². The van der Waals surface area contributed by atoms with Crippen LogP contribution in [0.3, 0.4) is 0 Å². The Bertz CT molecular complexity index is 1250. The topological polar surface area (TPSA) is 91.3 Å². The van der Waals surface area contributed by atoms with Crippen molar-refractivity contribution in [1.29, 1.82) is 0 Å². The second-order valence-corrected chi connectivity index (χ2v) is 17.8. The quantitative estimate of drug-likeness (QED) is 0.137. The lowest BCUT2D eigenvalue weighted by Crippen LogP contribution is -2.75. The van der Waals surface area contributed by atoms with Crippen molar-refractivity contribution in [2.24, 2.45) is 55.4 Å². The zero-order valence-electron chi connectivity index (χ0n) is 26.9. The largest absolute Gasteiger partial charge is 0.465 e. The lowest BCUT2D eigenvalue weighted by atomic mass is 9.30. The van der Waals surface area contributed by atoms with Gasteiger partial charge in [0.15, 0.2) is 0 Å². The predicted octanol–water partition coefficient (Wildman–Crippen LogP) is 7.38. The summed E-state index contributed by atoms with van der Waals surface area (Å²) < 4.78 is 12.6. The lowest BCUT2D eigenvalue weighted by molar-refractivity contribution is -0.273. The maximum atomic E-state index is 13.9. The highest BCUT2D eigenvalue weighted by molar-refractivity contribution is 9.09. The fraction of sp³-hybridized carbons (Fsp3) is 0.882. The number of rotatable bonds is 3. The minimum Gasteiger partial charge on any atom is -0.465 e. The zero-order valence-corrected chi connectivity index (χ0v) is 28.4. The van der Waals surface area contributed by atoms with Gasteiger partial charge < -0.3 is 14.3 Å². The number of oxime groups is 1. The molecule has 6 rings (SSSR count). The Morgan fingerprint density at radius 2 is 1.62 bits per heavy atom. The molecule has 10 atom stereocenters. The van der Waals surface area contributed by atoms with E-state index in [9.17, 15) is 14.4 Å². The molecule has 1 heterocycles. The first-order valence-corrected chi connectivity index (χ1v) is 17.1. The van der Waals surface area contributed by atoms with Crippen LogP contribution in [0.25, 0.3) is 0 Å². The number of hydrogen-bond donors (Lipinski definition) is 0. The molecule has 0 aromatic rings. The van der Waals surface area contributed by atoms with E-state index in [-0.39, 0.29) is 62.3 Å². The summed E-state index contributed by atoms with van der Waals surface area (Å²) in [6.45, 7) is 17.4. The van der Waals surface area contributed by atoms with E-state index in [2.05, 4.69) is 62.6 Å². The molecule has 1 aliphatic heterocycles. The molecule has 0 aromatic carbocycles. The van der Waals surface area contributed by atoms with E-state index < -0.39 is 17.0 Å². The van der Waals surface area contributed by atoms with E-state index in [0.29, 0.717) is 12.3 Å². The van der Waals surface area contributed by atoms with Crippen LogP contribution in [-0.2, 0) is 28.7 Å². The van der Waals surface area contributed by atoms with E-state index >= 15 is 0 Å². The molecule has 6 aliphatic rings. The van der Waals surface area contributed by atoms with E-state index in [1.165, 1.54) is 13.8 Å². The number of carbonyl (C=O) groups excluding carboxylic acids is 3. The summed E-state index contributed by atoms with van der Waals surface area (Å²) in [4.78, 5) is 42.9. The molecule has 8 heteroatoms. The van der Waals surface area contributed by atoms with Crippen LogP contribution in [0.5, 0.6) is 0 Å². The Labute approximate surface area is 259 Å². The van der Waals surface area contributed by atoms with Crippen LogP contribution < -0.4 is 0 Å². The third-order valence-corrected chi connectivity index (χ3v) is 15.5.